The van der Waals surface area contributed by atoms with Crippen molar-refractivity contribution in [1.29, 1.82) is 0 Å². The van der Waals surface area contributed by atoms with Crippen LogP contribution in [-0.2, 0) is 6.42 Å². The molecule has 94 valence electrons. The van der Waals surface area contributed by atoms with Crippen molar-refractivity contribution < 1.29 is 4.92 Å². The number of thiophene rings is 1. The third-order valence-electron chi connectivity index (χ3n) is 2.40. The molecule has 0 amide bonds. The second kappa shape index (κ2) is 5.46. The van der Waals surface area contributed by atoms with E-state index in [4.69, 9.17) is 5.73 Å². The largest absolute Gasteiger partial charge is 0.378 e. The number of hydrogen-bond acceptors (Lipinski definition) is 6. The Kier molecular flexibility index (Phi) is 3.73. The van der Waals surface area contributed by atoms with E-state index in [1.54, 1.807) is 17.4 Å². The first-order valence-corrected chi connectivity index (χ1v) is 6.27. The zero-order valence-corrected chi connectivity index (χ0v) is 10.3. The van der Waals surface area contributed by atoms with Crippen molar-refractivity contribution in [3.63, 3.8) is 0 Å². The van der Waals surface area contributed by atoms with Gasteiger partial charge >= 0.3 is 5.69 Å². The van der Waals surface area contributed by atoms with Crippen molar-refractivity contribution in [1.82, 2.24) is 4.98 Å². The molecule has 18 heavy (non-hydrogen) atoms. The summed E-state index contributed by atoms with van der Waals surface area (Å²) in [5, 5.41) is 17.8. The van der Waals surface area contributed by atoms with Crippen LogP contribution >= 0.6 is 11.3 Å². The maximum atomic E-state index is 10.6. The Bertz CT molecular complexity index is 542. The first-order chi connectivity index (χ1) is 8.66. The summed E-state index contributed by atoms with van der Waals surface area (Å²) in [5.74, 6) is 0.480. The van der Waals surface area contributed by atoms with Gasteiger partial charge in [0.2, 0.25) is 5.82 Å². The molecule has 0 saturated carbocycles. The number of nitro groups is 1. The van der Waals surface area contributed by atoms with Gasteiger partial charge in [-0.2, -0.15) is 11.3 Å². The highest BCUT2D eigenvalue weighted by Gasteiger charge is 2.12. The van der Waals surface area contributed by atoms with Crippen LogP contribution in [0.4, 0.5) is 17.3 Å². The normalized spacial score (nSPS) is 10.2. The van der Waals surface area contributed by atoms with Crippen LogP contribution in [-0.4, -0.2) is 16.5 Å². The van der Waals surface area contributed by atoms with Gasteiger partial charge in [-0.1, -0.05) is 0 Å². The molecular formula is C11H12N4O2S. The number of hydrogen-bond donors (Lipinski definition) is 2. The van der Waals surface area contributed by atoms with Crippen LogP contribution in [0.2, 0.25) is 0 Å². The van der Waals surface area contributed by atoms with E-state index in [2.05, 4.69) is 21.7 Å². The summed E-state index contributed by atoms with van der Waals surface area (Å²) < 4.78 is 0. The Balaban J connectivity index is 1.94. The van der Waals surface area contributed by atoms with Crippen molar-refractivity contribution >= 4 is 28.7 Å². The Labute approximate surface area is 108 Å². The minimum atomic E-state index is -0.544. The molecule has 0 spiro atoms. The average molecular weight is 264 g/mol. The second-order valence-corrected chi connectivity index (χ2v) is 4.45. The smallest absolute Gasteiger partial charge is 0.311 e. The molecule has 0 aliphatic rings. The predicted molar refractivity (Wildman–Crippen MR) is 71.8 cm³/mol. The monoisotopic (exact) mass is 264 g/mol. The Morgan fingerprint density at radius 3 is 2.89 bits per heavy atom. The molecule has 2 aromatic heterocycles. The van der Waals surface area contributed by atoms with Gasteiger partial charge in [0.05, 0.1) is 4.92 Å². The molecular weight excluding hydrogens is 252 g/mol. The van der Waals surface area contributed by atoms with E-state index in [0.717, 1.165) is 6.42 Å². The van der Waals surface area contributed by atoms with Gasteiger partial charge in [-0.15, -0.1) is 0 Å². The molecule has 0 saturated heterocycles. The molecule has 7 heteroatoms. The molecule has 6 nitrogen and oxygen atoms in total. The minimum Gasteiger partial charge on any atom is -0.378 e. The fourth-order valence-corrected chi connectivity index (χ4v) is 2.19. The first kappa shape index (κ1) is 12.3. The molecule has 0 unspecified atom stereocenters. The van der Waals surface area contributed by atoms with Gasteiger partial charge in [-0.25, -0.2) is 4.98 Å². The summed E-state index contributed by atoms with van der Waals surface area (Å²) >= 11 is 1.66. The molecule has 3 N–H and O–H groups in total. The number of nitrogens with two attached hydrogens (primary N) is 1. The number of nitrogens with zero attached hydrogens (tertiary/aromatic N) is 2. The number of anilines is 2. The van der Waals surface area contributed by atoms with Crippen molar-refractivity contribution in [2.24, 2.45) is 0 Å². The molecule has 0 bridgehead atoms. The van der Waals surface area contributed by atoms with Gasteiger partial charge in [-0.3, -0.25) is 10.1 Å². The zero-order valence-electron chi connectivity index (χ0n) is 9.50. The summed E-state index contributed by atoms with van der Waals surface area (Å²) in [7, 11) is 0. The third-order valence-corrected chi connectivity index (χ3v) is 3.13. The van der Waals surface area contributed by atoms with E-state index >= 15 is 0 Å². The molecule has 2 rings (SSSR count). The molecule has 2 aromatic rings. The maximum absolute atomic E-state index is 10.6. The van der Waals surface area contributed by atoms with Crippen LogP contribution in [0.1, 0.15) is 5.56 Å². The van der Waals surface area contributed by atoms with Crippen LogP contribution in [0.25, 0.3) is 0 Å². The number of nitrogens with one attached hydrogen (secondary N) is 1. The van der Waals surface area contributed by atoms with E-state index in [1.807, 2.05) is 5.38 Å². The van der Waals surface area contributed by atoms with Crippen LogP contribution in [0.5, 0.6) is 0 Å². The van der Waals surface area contributed by atoms with Crippen molar-refractivity contribution in [3.05, 3.63) is 44.6 Å². The van der Waals surface area contributed by atoms with E-state index in [9.17, 15) is 10.1 Å². The van der Waals surface area contributed by atoms with Crippen LogP contribution in [0.3, 0.4) is 0 Å². The number of pyridine rings is 1. The molecule has 2 heterocycles. The molecule has 0 aliphatic carbocycles. The van der Waals surface area contributed by atoms with E-state index < -0.39 is 4.92 Å². The third kappa shape index (κ3) is 2.95. The molecule has 0 radical (unpaired) electrons. The minimum absolute atomic E-state index is 0.0690. The fraction of sp³-hybridized carbons (Fsp3) is 0.182. The highest BCUT2D eigenvalue weighted by molar-refractivity contribution is 7.07. The van der Waals surface area contributed by atoms with Gasteiger partial charge in [0.25, 0.3) is 0 Å². The number of nitrogen functional groups attached to an aromatic ring is 1. The van der Waals surface area contributed by atoms with E-state index in [1.165, 1.54) is 11.6 Å². The van der Waals surface area contributed by atoms with Gasteiger partial charge < -0.3 is 11.1 Å². The Morgan fingerprint density at radius 2 is 2.28 bits per heavy atom. The summed E-state index contributed by atoms with van der Waals surface area (Å²) in [6.07, 6.45) is 0.877. The lowest BCUT2D eigenvalue weighted by atomic mass is 10.2. The fourth-order valence-electron chi connectivity index (χ4n) is 1.49. The second-order valence-electron chi connectivity index (χ2n) is 3.67. The maximum Gasteiger partial charge on any atom is 0.311 e. The Hall–Kier alpha value is -2.15. The predicted octanol–water partition coefficient (Wildman–Crippen LogP) is 2.29. The molecule has 0 aliphatic heterocycles. The van der Waals surface area contributed by atoms with Gasteiger partial charge in [0, 0.05) is 12.6 Å². The summed E-state index contributed by atoms with van der Waals surface area (Å²) in [6.45, 7) is 0.709. The molecule has 0 fully saturated rings. The van der Waals surface area contributed by atoms with Crippen molar-refractivity contribution in [2.75, 3.05) is 17.6 Å². The molecule has 0 aromatic carbocycles. The summed E-state index contributed by atoms with van der Waals surface area (Å²) in [6, 6.07) is 4.97. The standard InChI is InChI=1S/C11H12N4O2S/c12-11-9(15(16)17)1-2-10(14-11)13-5-3-8-4-6-18-7-8/h1-2,4,6-7H,3,5H2,(H3,12,13,14). The highest BCUT2D eigenvalue weighted by Crippen LogP contribution is 2.20. The SMILES string of the molecule is Nc1nc(NCCc2ccsc2)ccc1[N+](=O)[O-]. The summed E-state index contributed by atoms with van der Waals surface area (Å²) in [4.78, 5) is 14.0. The number of rotatable bonds is 5. The van der Waals surface area contributed by atoms with Crippen LogP contribution in [0, 0.1) is 10.1 Å². The van der Waals surface area contributed by atoms with E-state index in [0.29, 0.717) is 12.4 Å². The van der Waals surface area contributed by atoms with Crippen LogP contribution in [0.15, 0.2) is 29.0 Å². The Morgan fingerprint density at radius 1 is 1.44 bits per heavy atom. The lowest BCUT2D eigenvalue weighted by molar-refractivity contribution is -0.384. The number of aromatic nitrogens is 1. The topological polar surface area (TPSA) is 94.1 Å². The quantitative estimate of drug-likeness (QED) is 0.638. The zero-order chi connectivity index (χ0) is 13.0. The van der Waals surface area contributed by atoms with Crippen molar-refractivity contribution in [2.45, 2.75) is 6.42 Å². The van der Waals surface area contributed by atoms with Gasteiger partial charge in [0.1, 0.15) is 5.82 Å². The lowest BCUT2D eigenvalue weighted by Crippen LogP contribution is -2.07. The van der Waals surface area contributed by atoms with Gasteiger partial charge in [-0.05, 0) is 34.9 Å². The van der Waals surface area contributed by atoms with E-state index in [-0.39, 0.29) is 11.5 Å². The van der Waals surface area contributed by atoms with Crippen LogP contribution < -0.4 is 11.1 Å². The first-order valence-electron chi connectivity index (χ1n) is 5.32. The van der Waals surface area contributed by atoms with Crippen molar-refractivity contribution in [3.8, 4) is 0 Å². The average Bonchev–Trinajstić information content (AvgIpc) is 2.81. The highest BCUT2D eigenvalue weighted by atomic mass is 32.1. The summed E-state index contributed by atoms with van der Waals surface area (Å²) in [5.41, 5.74) is 6.58. The van der Waals surface area contributed by atoms with Gasteiger partial charge in [0.15, 0.2) is 0 Å². The lowest BCUT2D eigenvalue weighted by Gasteiger charge is -2.05. The molecule has 0 atom stereocenters.